The highest BCUT2D eigenvalue weighted by Gasteiger charge is 2.33. The average Bonchev–Trinajstić information content (AvgIpc) is 2.97. The van der Waals surface area contributed by atoms with Gasteiger partial charge in [0.15, 0.2) is 0 Å². The standard InChI is InChI=1S/C15H21ClN6O/c1-4-11-8(2)10(20-21(11)3)6-22-5-9(7-23)12-13(16)18-15(17)19-14(12)22/h9,23H,4-7H2,1-3H3,(H2,17,18,19). The van der Waals surface area contributed by atoms with E-state index in [2.05, 4.69) is 33.8 Å². The van der Waals surface area contributed by atoms with Crippen LogP contribution in [0.5, 0.6) is 0 Å². The molecule has 1 atom stereocenters. The summed E-state index contributed by atoms with van der Waals surface area (Å²) in [5.74, 6) is 0.738. The second kappa shape index (κ2) is 5.98. The summed E-state index contributed by atoms with van der Waals surface area (Å²) < 4.78 is 1.92. The number of aryl methyl sites for hydroxylation is 1. The Labute approximate surface area is 140 Å². The van der Waals surface area contributed by atoms with Crippen LogP contribution in [0, 0.1) is 6.92 Å². The van der Waals surface area contributed by atoms with Crippen molar-refractivity contribution in [1.82, 2.24) is 19.7 Å². The lowest BCUT2D eigenvalue weighted by molar-refractivity contribution is 0.270. The van der Waals surface area contributed by atoms with Crippen LogP contribution in [0.15, 0.2) is 0 Å². The molecule has 3 N–H and O–H groups in total. The van der Waals surface area contributed by atoms with Crippen molar-refractivity contribution in [2.24, 2.45) is 7.05 Å². The maximum atomic E-state index is 9.64. The summed E-state index contributed by atoms with van der Waals surface area (Å²) in [5, 5.41) is 14.6. The number of anilines is 2. The number of nitrogens with zero attached hydrogens (tertiary/aromatic N) is 5. The number of halogens is 1. The summed E-state index contributed by atoms with van der Waals surface area (Å²) in [4.78, 5) is 10.4. The van der Waals surface area contributed by atoms with E-state index in [1.54, 1.807) is 0 Å². The smallest absolute Gasteiger partial charge is 0.223 e. The Hall–Kier alpha value is -1.86. The number of fused-ring (bicyclic) bond motifs is 1. The second-order valence-electron chi connectivity index (χ2n) is 5.87. The number of hydrogen-bond donors (Lipinski definition) is 2. The molecule has 0 aromatic carbocycles. The minimum absolute atomic E-state index is 0.00207. The molecule has 0 saturated heterocycles. The van der Waals surface area contributed by atoms with Gasteiger partial charge in [0, 0.05) is 30.8 Å². The Morgan fingerprint density at radius 1 is 1.39 bits per heavy atom. The molecule has 0 fully saturated rings. The quantitative estimate of drug-likeness (QED) is 0.820. The molecule has 3 rings (SSSR count). The predicted octanol–water partition coefficient (Wildman–Crippen LogP) is 1.41. The van der Waals surface area contributed by atoms with Gasteiger partial charge in [-0.3, -0.25) is 4.68 Å². The molecule has 0 aliphatic carbocycles. The maximum Gasteiger partial charge on any atom is 0.223 e. The largest absolute Gasteiger partial charge is 0.396 e. The minimum atomic E-state index is -0.104. The molecule has 23 heavy (non-hydrogen) atoms. The fourth-order valence-electron chi connectivity index (χ4n) is 3.32. The number of nitrogens with two attached hydrogens (primary N) is 1. The first-order chi connectivity index (χ1) is 11.0. The van der Waals surface area contributed by atoms with E-state index in [1.807, 2.05) is 11.7 Å². The molecule has 1 aliphatic rings. The van der Waals surface area contributed by atoms with Crippen molar-refractivity contribution in [3.63, 3.8) is 0 Å². The molecule has 3 heterocycles. The fourth-order valence-corrected chi connectivity index (χ4v) is 3.65. The van der Waals surface area contributed by atoms with Gasteiger partial charge in [0.25, 0.3) is 0 Å². The van der Waals surface area contributed by atoms with Gasteiger partial charge in [0.2, 0.25) is 5.95 Å². The molecular formula is C15H21ClN6O. The van der Waals surface area contributed by atoms with Crippen LogP contribution in [0.2, 0.25) is 5.15 Å². The van der Waals surface area contributed by atoms with Gasteiger partial charge in [-0.25, -0.2) is 4.98 Å². The van der Waals surface area contributed by atoms with Crippen molar-refractivity contribution >= 4 is 23.4 Å². The number of aliphatic hydroxyl groups excluding tert-OH is 1. The second-order valence-corrected chi connectivity index (χ2v) is 6.22. The van der Waals surface area contributed by atoms with E-state index in [0.717, 1.165) is 17.7 Å². The van der Waals surface area contributed by atoms with Gasteiger partial charge < -0.3 is 15.7 Å². The molecule has 2 aromatic rings. The molecule has 0 spiro atoms. The number of nitrogen functional groups attached to an aromatic ring is 1. The first kappa shape index (κ1) is 16.0. The zero-order valence-electron chi connectivity index (χ0n) is 13.5. The highest BCUT2D eigenvalue weighted by Crippen LogP contribution is 2.39. The normalized spacial score (nSPS) is 16.9. The van der Waals surface area contributed by atoms with E-state index in [0.29, 0.717) is 24.1 Å². The summed E-state index contributed by atoms with van der Waals surface area (Å²) in [6.45, 7) is 5.44. The Bertz CT molecular complexity index is 744. The van der Waals surface area contributed by atoms with Crippen molar-refractivity contribution in [3.8, 4) is 0 Å². The maximum absolute atomic E-state index is 9.64. The van der Waals surface area contributed by atoms with Gasteiger partial charge in [-0.05, 0) is 18.9 Å². The Morgan fingerprint density at radius 2 is 2.13 bits per heavy atom. The van der Waals surface area contributed by atoms with E-state index in [9.17, 15) is 5.11 Å². The van der Waals surface area contributed by atoms with Crippen LogP contribution in [0.3, 0.4) is 0 Å². The summed E-state index contributed by atoms with van der Waals surface area (Å²) in [5.41, 5.74) is 9.92. The molecule has 2 aromatic heterocycles. The highest BCUT2D eigenvalue weighted by molar-refractivity contribution is 6.30. The number of hydrogen-bond acceptors (Lipinski definition) is 6. The highest BCUT2D eigenvalue weighted by atomic mass is 35.5. The molecule has 1 unspecified atom stereocenters. The van der Waals surface area contributed by atoms with Crippen molar-refractivity contribution in [2.75, 3.05) is 23.8 Å². The lowest BCUT2D eigenvalue weighted by Gasteiger charge is -2.18. The number of aromatic nitrogens is 4. The number of rotatable bonds is 4. The van der Waals surface area contributed by atoms with Crippen LogP contribution in [0.4, 0.5) is 11.8 Å². The third-order valence-corrected chi connectivity index (χ3v) is 4.76. The van der Waals surface area contributed by atoms with Crippen molar-refractivity contribution in [2.45, 2.75) is 32.7 Å². The van der Waals surface area contributed by atoms with E-state index in [-0.39, 0.29) is 18.5 Å². The summed E-state index contributed by atoms with van der Waals surface area (Å²) in [6, 6.07) is 0. The third kappa shape index (κ3) is 2.64. The van der Waals surface area contributed by atoms with Crippen LogP contribution < -0.4 is 10.6 Å². The average molecular weight is 337 g/mol. The molecule has 0 radical (unpaired) electrons. The summed E-state index contributed by atoms with van der Waals surface area (Å²) in [7, 11) is 1.96. The third-order valence-electron chi connectivity index (χ3n) is 4.47. The number of aliphatic hydroxyl groups is 1. The van der Waals surface area contributed by atoms with Crippen molar-refractivity contribution in [1.29, 1.82) is 0 Å². The van der Waals surface area contributed by atoms with Gasteiger partial charge in [0.05, 0.1) is 18.8 Å². The van der Waals surface area contributed by atoms with Gasteiger partial charge >= 0.3 is 0 Å². The molecule has 7 nitrogen and oxygen atoms in total. The summed E-state index contributed by atoms with van der Waals surface area (Å²) in [6.07, 6.45) is 0.937. The molecule has 124 valence electrons. The van der Waals surface area contributed by atoms with E-state index >= 15 is 0 Å². The molecule has 0 saturated carbocycles. The minimum Gasteiger partial charge on any atom is -0.396 e. The lowest BCUT2D eigenvalue weighted by Crippen LogP contribution is -2.23. The van der Waals surface area contributed by atoms with Crippen molar-refractivity contribution in [3.05, 3.63) is 27.7 Å². The van der Waals surface area contributed by atoms with Crippen molar-refractivity contribution < 1.29 is 5.11 Å². The zero-order valence-corrected chi connectivity index (χ0v) is 14.3. The Kier molecular flexibility index (Phi) is 4.16. The molecule has 8 heteroatoms. The predicted molar refractivity (Wildman–Crippen MR) is 89.7 cm³/mol. The monoisotopic (exact) mass is 336 g/mol. The van der Waals surface area contributed by atoms with Gasteiger partial charge in [-0.15, -0.1) is 0 Å². The first-order valence-corrected chi connectivity index (χ1v) is 8.04. The Balaban J connectivity index is 1.98. The fraction of sp³-hybridized carbons (Fsp3) is 0.533. The molecular weight excluding hydrogens is 316 g/mol. The molecule has 1 aliphatic heterocycles. The first-order valence-electron chi connectivity index (χ1n) is 7.66. The van der Waals surface area contributed by atoms with Crippen LogP contribution in [-0.2, 0) is 20.0 Å². The Morgan fingerprint density at radius 3 is 2.74 bits per heavy atom. The van der Waals surface area contributed by atoms with Gasteiger partial charge in [-0.1, -0.05) is 18.5 Å². The van der Waals surface area contributed by atoms with E-state index < -0.39 is 0 Å². The van der Waals surface area contributed by atoms with Gasteiger partial charge in [-0.2, -0.15) is 10.1 Å². The molecule has 0 amide bonds. The van der Waals surface area contributed by atoms with Crippen LogP contribution in [0.25, 0.3) is 0 Å². The zero-order chi connectivity index (χ0) is 16.7. The lowest BCUT2D eigenvalue weighted by atomic mass is 10.1. The summed E-state index contributed by atoms with van der Waals surface area (Å²) >= 11 is 6.21. The van der Waals surface area contributed by atoms with Gasteiger partial charge in [0.1, 0.15) is 11.0 Å². The van der Waals surface area contributed by atoms with Crippen LogP contribution >= 0.6 is 11.6 Å². The SMILES string of the molecule is CCc1c(C)c(CN2CC(CO)c3c(Cl)nc(N)nc32)nn1C. The van der Waals surface area contributed by atoms with E-state index in [4.69, 9.17) is 17.3 Å². The molecule has 0 bridgehead atoms. The van der Waals surface area contributed by atoms with E-state index in [1.165, 1.54) is 11.3 Å². The van der Waals surface area contributed by atoms with Crippen LogP contribution in [-0.4, -0.2) is 38.0 Å². The van der Waals surface area contributed by atoms with Crippen LogP contribution in [0.1, 0.15) is 35.4 Å². The topological polar surface area (TPSA) is 93.1 Å².